The smallest absolute Gasteiger partial charge is 0.0840 e. The maximum Gasteiger partial charge on any atom is 0.0840 e. The highest BCUT2D eigenvalue weighted by Crippen LogP contribution is 2.29. The second-order valence-electron chi connectivity index (χ2n) is 5.40. The third-order valence-corrected chi connectivity index (χ3v) is 4.10. The monoisotopic (exact) mass is 248 g/mol. The number of aliphatic hydroxyl groups excluding tert-OH is 1. The molecule has 1 fully saturated rings. The molecule has 0 spiro atoms. The molecule has 0 aromatic heterocycles. The van der Waals surface area contributed by atoms with Crippen molar-refractivity contribution in [2.75, 3.05) is 13.2 Å². The number of ether oxygens (including phenoxy) is 1. The van der Waals surface area contributed by atoms with Gasteiger partial charge in [0, 0.05) is 12.5 Å². The third kappa shape index (κ3) is 3.12. The predicted molar refractivity (Wildman–Crippen MR) is 73.7 cm³/mol. The average molecular weight is 248 g/mol. The first-order valence-corrected chi connectivity index (χ1v) is 7.08. The van der Waals surface area contributed by atoms with Crippen LogP contribution in [0.1, 0.15) is 56.3 Å². The zero-order chi connectivity index (χ0) is 13.0. The van der Waals surface area contributed by atoms with E-state index in [4.69, 9.17) is 4.74 Å². The van der Waals surface area contributed by atoms with Gasteiger partial charge in [0.25, 0.3) is 0 Å². The van der Waals surface area contributed by atoms with E-state index >= 15 is 0 Å². The molecule has 18 heavy (non-hydrogen) atoms. The first kappa shape index (κ1) is 13.6. The van der Waals surface area contributed by atoms with Gasteiger partial charge in [0.1, 0.15) is 0 Å². The van der Waals surface area contributed by atoms with Crippen molar-refractivity contribution in [3.8, 4) is 0 Å². The minimum absolute atomic E-state index is 0.258. The molecular formula is C16H24O2. The van der Waals surface area contributed by atoms with Crippen molar-refractivity contribution in [2.45, 2.75) is 45.1 Å². The molecule has 2 nitrogen and oxygen atoms in total. The fourth-order valence-corrected chi connectivity index (χ4v) is 2.54. The Kier molecular flexibility index (Phi) is 4.79. The van der Waals surface area contributed by atoms with Crippen molar-refractivity contribution in [2.24, 2.45) is 5.92 Å². The summed E-state index contributed by atoms with van der Waals surface area (Å²) in [6, 6.07) is 8.44. The lowest BCUT2D eigenvalue weighted by Crippen LogP contribution is -2.23. The molecule has 1 aromatic carbocycles. The van der Waals surface area contributed by atoms with E-state index in [0.29, 0.717) is 12.5 Å². The van der Waals surface area contributed by atoms with Gasteiger partial charge in [-0.15, -0.1) is 0 Å². The SMILES string of the molecule is CCC(C)c1ccc(C(O)C2CCCOC2)cc1. The molecule has 1 aliphatic rings. The second kappa shape index (κ2) is 6.35. The summed E-state index contributed by atoms with van der Waals surface area (Å²) in [7, 11) is 0. The van der Waals surface area contributed by atoms with Crippen molar-refractivity contribution in [1.82, 2.24) is 0 Å². The molecule has 0 saturated carbocycles. The third-order valence-electron chi connectivity index (χ3n) is 4.10. The molecule has 0 bridgehead atoms. The van der Waals surface area contributed by atoms with Gasteiger partial charge >= 0.3 is 0 Å². The van der Waals surface area contributed by atoms with E-state index in [9.17, 15) is 5.11 Å². The summed E-state index contributed by atoms with van der Waals surface area (Å²) in [6.45, 7) is 5.97. The van der Waals surface area contributed by atoms with Crippen LogP contribution >= 0.6 is 0 Å². The van der Waals surface area contributed by atoms with E-state index in [2.05, 4.69) is 38.1 Å². The van der Waals surface area contributed by atoms with Crippen molar-refractivity contribution in [3.05, 3.63) is 35.4 Å². The number of rotatable bonds is 4. The molecule has 1 saturated heterocycles. The zero-order valence-corrected chi connectivity index (χ0v) is 11.4. The first-order valence-electron chi connectivity index (χ1n) is 7.08. The highest BCUT2D eigenvalue weighted by Gasteiger charge is 2.23. The normalized spacial score (nSPS) is 23.6. The number of hydrogen-bond donors (Lipinski definition) is 1. The summed E-state index contributed by atoms with van der Waals surface area (Å²) < 4.78 is 5.44. The summed E-state index contributed by atoms with van der Waals surface area (Å²) in [5.41, 5.74) is 2.38. The molecule has 1 heterocycles. The zero-order valence-electron chi connectivity index (χ0n) is 11.4. The standard InChI is InChI=1S/C16H24O2/c1-3-12(2)13-6-8-14(9-7-13)16(17)15-5-4-10-18-11-15/h6-9,12,15-17H,3-5,10-11H2,1-2H3. The average Bonchev–Trinajstić information content (AvgIpc) is 2.47. The molecule has 2 rings (SSSR count). The van der Waals surface area contributed by atoms with Crippen molar-refractivity contribution < 1.29 is 9.84 Å². The number of aliphatic hydroxyl groups is 1. The Morgan fingerprint density at radius 3 is 2.50 bits per heavy atom. The van der Waals surface area contributed by atoms with Gasteiger partial charge in [0.15, 0.2) is 0 Å². The summed E-state index contributed by atoms with van der Waals surface area (Å²) >= 11 is 0. The molecule has 2 heteroatoms. The van der Waals surface area contributed by atoms with Crippen LogP contribution in [0.2, 0.25) is 0 Å². The molecule has 0 radical (unpaired) electrons. The van der Waals surface area contributed by atoms with Crippen LogP contribution in [0.25, 0.3) is 0 Å². The summed E-state index contributed by atoms with van der Waals surface area (Å²) in [5.74, 6) is 0.849. The number of benzene rings is 1. The highest BCUT2D eigenvalue weighted by atomic mass is 16.5. The van der Waals surface area contributed by atoms with Gasteiger partial charge in [-0.2, -0.15) is 0 Å². The van der Waals surface area contributed by atoms with E-state index in [1.807, 2.05) is 0 Å². The second-order valence-corrected chi connectivity index (χ2v) is 5.40. The molecular weight excluding hydrogens is 224 g/mol. The van der Waals surface area contributed by atoms with Gasteiger partial charge in [-0.05, 0) is 36.3 Å². The predicted octanol–water partition coefficient (Wildman–Crippen LogP) is 3.66. The van der Waals surface area contributed by atoms with Crippen molar-refractivity contribution >= 4 is 0 Å². The van der Waals surface area contributed by atoms with Crippen LogP contribution in [0.5, 0.6) is 0 Å². The van der Waals surface area contributed by atoms with Crippen LogP contribution in [-0.2, 0) is 4.74 Å². The van der Waals surface area contributed by atoms with Gasteiger partial charge in [-0.25, -0.2) is 0 Å². The quantitative estimate of drug-likeness (QED) is 0.881. The van der Waals surface area contributed by atoms with Gasteiger partial charge in [0.2, 0.25) is 0 Å². The van der Waals surface area contributed by atoms with Gasteiger partial charge in [-0.3, -0.25) is 0 Å². The molecule has 1 N–H and O–H groups in total. The van der Waals surface area contributed by atoms with E-state index in [0.717, 1.165) is 31.4 Å². The minimum Gasteiger partial charge on any atom is -0.388 e. The van der Waals surface area contributed by atoms with Crippen LogP contribution in [-0.4, -0.2) is 18.3 Å². The Balaban J connectivity index is 2.03. The summed E-state index contributed by atoms with van der Waals surface area (Å²) in [6.07, 6.45) is 2.90. The largest absolute Gasteiger partial charge is 0.388 e. The van der Waals surface area contributed by atoms with Crippen LogP contribution in [0.3, 0.4) is 0 Å². The maximum absolute atomic E-state index is 10.4. The highest BCUT2D eigenvalue weighted by molar-refractivity contribution is 5.26. The Hall–Kier alpha value is -0.860. The molecule has 0 aliphatic carbocycles. The van der Waals surface area contributed by atoms with Crippen molar-refractivity contribution in [1.29, 1.82) is 0 Å². The van der Waals surface area contributed by atoms with Crippen LogP contribution in [0.15, 0.2) is 24.3 Å². The minimum atomic E-state index is -0.378. The van der Waals surface area contributed by atoms with Gasteiger partial charge in [-0.1, -0.05) is 38.1 Å². The topological polar surface area (TPSA) is 29.5 Å². The summed E-state index contributed by atoms with van der Waals surface area (Å²) in [5, 5.41) is 10.4. The maximum atomic E-state index is 10.4. The lowest BCUT2D eigenvalue weighted by atomic mass is 9.89. The lowest BCUT2D eigenvalue weighted by molar-refractivity contribution is -0.00997. The Morgan fingerprint density at radius 2 is 1.94 bits per heavy atom. The van der Waals surface area contributed by atoms with E-state index in [1.165, 1.54) is 5.56 Å². The fraction of sp³-hybridized carbons (Fsp3) is 0.625. The van der Waals surface area contributed by atoms with E-state index in [-0.39, 0.29) is 12.0 Å². The fourth-order valence-electron chi connectivity index (χ4n) is 2.54. The van der Waals surface area contributed by atoms with Gasteiger partial charge < -0.3 is 9.84 Å². The number of hydrogen-bond acceptors (Lipinski definition) is 2. The van der Waals surface area contributed by atoms with Crippen LogP contribution < -0.4 is 0 Å². The Labute approximate surface area is 110 Å². The van der Waals surface area contributed by atoms with Crippen LogP contribution in [0.4, 0.5) is 0 Å². The van der Waals surface area contributed by atoms with E-state index in [1.54, 1.807) is 0 Å². The van der Waals surface area contributed by atoms with Gasteiger partial charge in [0.05, 0.1) is 12.7 Å². The molecule has 3 atom stereocenters. The first-order chi connectivity index (χ1) is 8.72. The molecule has 1 aliphatic heterocycles. The molecule has 100 valence electrons. The molecule has 0 amide bonds. The molecule has 3 unspecified atom stereocenters. The lowest BCUT2D eigenvalue weighted by Gasteiger charge is -2.27. The Morgan fingerprint density at radius 1 is 1.28 bits per heavy atom. The summed E-state index contributed by atoms with van der Waals surface area (Å²) in [4.78, 5) is 0. The Bertz CT molecular complexity index is 352. The van der Waals surface area contributed by atoms with Crippen molar-refractivity contribution in [3.63, 3.8) is 0 Å². The van der Waals surface area contributed by atoms with E-state index < -0.39 is 0 Å². The molecule has 1 aromatic rings. The van der Waals surface area contributed by atoms with Crippen LogP contribution in [0, 0.1) is 5.92 Å².